The van der Waals surface area contributed by atoms with Crippen molar-refractivity contribution in [1.29, 1.82) is 0 Å². The van der Waals surface area contributed by atoms with Crippen molar-refractivity contribution in [2.24, 2.45) is 23.2 Å². The fourth-order valence-corrected chi connectivity index (χ4v) is 6.00. The van der Waals surface area contributed by atoms with E-state index in [2.05, 4.69) is 0 Å². The molecule has 6 heteroatoms. The highest BCUT2D eigenvalue weighted by Gasteiger charge is 2.54. The molecule has 28 heavy (non-hydrogen) atoms. The van der Waals surface area contributed by atoms with E-state index < -0.39 is 5.97 Å². The van der Waals surface area contributed by atoms with E-state index >= 15 is 0 Å². The molecule has 0 aromatic heterocycles. The number of methoxy groups -OCH3 is 3. The predicted octanol–water partition coefficient (Wildman–Crippen LogP) is 3.65. The minimum absolute atomic E-state index is 0.0828. The standard InChI is InChI=1S/C22H28O6/c1-25-17-8-19(27-3)18(26-2)7-16(17)21(24)28-12-20(23)22-9-13-4-14(10-22)6-15(5-13)11-22/h7-8,13-15H,4-6,9-12H2,1-3H3. The van der Waals surface area contributed by atoms with Gasteiger partial charge in [-0.3, -0.25) is 4.79 Å². The van der Waals surface area contributed by atoms with Crippen molar-refractivity contribution in [2.75, 3.05) is 27.9 Å². The fourth-order valence-electron chi connectivity index (χ4n) is 6.00. The van der Waals surface area contributed by atoms with E-state index in [4.69, 9.17) is 18.9 Å². The fraction of sp³-hybridized carbons (Fsp3) is 0.636. The molecular weight excluding hydrogens is 360 g/mol. The molecule has 0 spiro atoms. The molecule has 4 aliphatic rings. The number of rotatable bonds is 7. The van der Waals surface area contributed by atoms with Gasteiger partial charge in [-0.25, -0.2) is 4.79 Å². The Bertz CT molecular complexity index is 748. The number of Topliss-reactive ketones (excluding diaryl/α,β-unsaturated/α-hetero) is 1. The summed E-state index contributed by atoms with van der Waals surface area (Å²) in [5.74, 6) is 2.72. The van der Waals surface area contributed by atoms with Gasteiger partial charge >= 0.3 is 5.97 Å². The number of hydrogen-bond acceptors (Lipinski definition) is 6. The molecule has 6 nitrogen and oxygen atoms in total. The first-order valence-corrected chi connectivity index (χ1v) is 9.98. The van der Waals surface area contributed by atoms with Gasteiger partial charge in [-0.05, 0) is 56.3 Å². The molecular formula is C22H28O6. The number of benzene rings is 1. The summed E-state index contributed by atoms with van der Waals surface area (Å²) in [6.45, 7) is -0.178. The number of carbonyl (C=O) groups is 2. The maximum Gasteiger partial charge on any atom is 0.342 e. The van der Waals surface area contributed by atoms with Crippen LogP contribution in [0.5, 0.6) is 17.2 Å². The van der Waals surface area contributed by atoms with Crippen molar-refractivity contribution in [2.45, 2.75) is 38.5 Å². The van der Waals surface area contributed by atoms with Gasteiger partial charge in [0.25, 0.3) is 0 Å². The Morgan fingerprint density at radius 2 is 1.36 bits per heavy atom. The van der Waals surface area contributed by atoms with E-state index in [1.807, 2.05) is 0 Å². The van der Waals surface area contributed by atoms with Gasteiger partial charge < -0.3 is 18.9 Å². The lowest BCUT2D eigenvalue weighted by atomic mass is 9.48. The Hall–Kier alpha value is -2.24. The Labute approximate surface area is 165 Å². The van der Waals surface area contributed by atoms with E-state index in [1.54, 1.807) is 6.07 Å². The molecule has 0 unspecified atom stereocenters. The molecule has 0 atom stereocenters. The van der Waals surface area contributed by atoms with Crippen molar-refractivity contribution in [3.8, 4) is 17.2 Å². The highest BCUT2D eigenvalue weighted by molar-refractivity contribution is 5.96. The van der Waals surface area contributed by atoms with Gasteiger partial charge in [0.15, 0.2) is 23.9 Å². The topological polar surface area (TPSA) is 71.1 Å². The summed E-state index contributed by atoms with van der Waals surface area (Å²) >= 11 is 0. The van der Waals surface area contributed by atoms with E-state index in [1.165, 1.54) is 46.7 Å². The second-order valence-electron chi connectivity index (χ2n) is 8.60. The molecule has 4 aliphatic carbocycles. The average molecular weight is 388 g/mol. The molecule has 1 aromatic carbocycles. The number of esters is 1. The van der Waals surface area contributed by atoms with Crippen LogP contribution >= 0.6 is 0 Å². The second-order valence-corrected chi connectivity index (χ2v) is 8.60. The molecule has 0 aliphatic heterocycles. The summed E-state index contributed by atoms with van der Waals surface area (Å²) < 4.78 is 21.2. The third-order valence-corrected chi connectivity index (χ3v) is 6.89. The van der Waals surface area contributed by atoms with Gasteiger partial charge in [-0.1, -0.05) is 0 Å². The lowest BCUT2D eigenvalue weighted by molar-refractivity contribution is -0.147. The third kappa shape index (κ3) is 3.23. The Balaban J connectivity index is 1.47. The number of ketones is 1. The van der Waals surface area contributed by atoms with Gasteiger partial charge in [0.1, 0.15) is 11.3 Å². The Kier molecular flexibility index (Phi) is 4.98. The Morgan fingerprint density at radius 1 is 0.857 bits per heavy atom. The highest BCUT2D eigenvalue weighted by atomic mass is 16.5. The molecule has 4 bridgehead atoms. The minimum Gasteiger partial charge on any atom is -0.496 e. The minimum atomic E-state index is -0.587. The van der Waals surface area contributed by atoms with Gasteiger partial charge in [-0.15, -0.1) is 0 Å². The second kappa shape index (κ2) is 7.30. The summed E-state index contributed by atoms with van der Waals surface area (Å²) in [6.07, 6.45) is 6.72. The van der Waals surface area contributed by atoms with Crippen molar-refractivity contribution in [1.82, 2.24) is 0 Å². The molecule has 0 radical (unpaired) electrons. The SMILES string of the molecule is COc1cc(OC)c(C(=O)OCC(=O)C23CC4CC(CC(C4)C2)C3)cc1OC. The van der Waals surface area contributed by atoms with Crippen LogP contribution in [0.25, 0.3) is 0 Å². The van der Waals surface area contributed by atoms with Crippen LogP contribution in [-0.2, 0) is 9.53 Å². The van der Waals surface area contributed by atoms with Crippen LogP contribution in [-0.4, -0.2) is 39.7 Å². The summed E-state index contributed by atoms with van der Waals surface area (Å²) in [5.41, 5.74) is -0.0464. The number of carbonyl (C=O) groups excluding carboxylic acids is 2. The molecule has 0 N–H and O–H groups in total. The maximum absolute atomic E-state index is 13.1. The van der Waals surface area contributed by atoms with Crippen LogP contribution in [0.1, 0.15) is 48.9 Å². The molecule has 1 aromatic rings. The van der Waals surface area contributed by atoms with Crippen LogP contribution in [0.4, 0.5) is 0 Å². The first kappa shape index (κ1) is 19.1. The largest absolute Gasteiger partial charge is 0.496 e. The van der Waals surface area contributed by atoms with Crippen molar-refractivity contribution < 1.29 is 28.5 Å². The molecule has 5 rings (SSSR count). The number of hydrogen-bond donors (Lipinski definition) is 0. The highest BCUT2D eigenvalue weighted by Crippen LogP contribution is 2.60. The summed E-state index contributed by atoms with van der Waals surface area (Å²) in [5, 5.41) is 0. The molecule has 0 saturated heterocycles. The van der Waals surface area contributed by atoms with Crippen molar-refractivity contribution in [3.63, 3.8) is 0 Å². The van der Waals surface area contributed by atoms with Gasteiger partial charge in [0.2, 0.25) is 0 Å². The lowest BCUT2D eigenvalue weighted by Crippen LogP contribution is -2.51. The first-order valence-electron chi connectivity index (χ1n) is 9.98. The normalized spacial score (nSPS) is 30.0. The average Bonchev–Trinajstić information content (AvgIpc) is 2.69. The van der Waals surface area contributed by atoms with E-state index in [-0.39, 0.29) is 23.4 Å². The van der Waals surface area contributed by atoms with E-state index in [9.17, 15) is 9.59 Å². The summed E-state index contributed by atoms with van der Waals surface area (Å²) in [6, 6.07) is 3.10. The Morgan fingerprint density at radius 3 is 1.86 bits per heavy atom. The van der Waals surface area contributed by atoms with Crippen LogP contribution in [0.2, 0.25) is 0 Å². The zero-order chi connectivity index (χ0) is 19.9. The zero-order valence-electron chi connectivity index (χ0n) is 16.8. The smallest absolute Gasteiger partial charge is 0.342 e. The summed E-state index contributed by atoms with van der Waals surface area (Å²) in [7, 11) is 4.48. The van der Waals surface area contributed by atoms with Gasteiger partial charge in [-0.2, -0.15) is 0 Å². The molecule has 4 saturated carbocycles. The third-order valence-electron chi connectivity index (χ3n) is 6.89. The molecule has 4 fully saturated rings. The zero-order valence-corrected chi connectivity index (χ0v) is 16.8. The predicted molar refractivity (Wildman–Crippen MR) is 102 cm³/mol. The van der Waals surface area contributed by atoms with E-state index in [0.717, 1.165) is 19.3 Å². The van der Waals surface area contributed by atoms with E-state index in [0.29, 0.717) is 35.0 Å². The monoisotopic (exact) mass is 388 g/mol. The van der Waals surface area contributed by atoms with Crippen molar-refractivity contribution >= 4 is 11.8 Å². The van der Waals surface area contributed by atoms with Gasteiger partial charge in [0.05, 0.1) is 21.3 Å². The molecule has 0 heterocycles. The van der Waals surface area contributed by atoms with Crippen LogP contribution in [0, 0.1) is 23.2 Å². The van der Waals surface area contributed by atoms with Crippen LogP contribution < -0.4 is 14.2 Å². The molecule has 0 amide bonds. The van der Waals surface area contributed by atoms with Crippen molar-refractivity contribution in [3.05, 3.63) is 17.7 Å². The van der Waals surface area contributed by atoms with Crippen LogP contribution in [0.15, 0.2) is 12.1 Å². The lowest BCUT2D eigenvalue weighted by Gasteiger charge is -2.55. The van der Waals surface area contributed by atoms with Crippen LogP contribution in [0.3, 0.4) is 0 Å². The number of ether oxygens (including phenoxy) is 4. The maximum atomic E-state index is 13.1. The van der Waals surface area contributed by atoms with Gasteiger partial charge in [0, 0.05) is 17.5 Å². The quantitative estimate of drug-likeness (QED) is 0.664. The first-order chi connectivity index (χ1) is 13.5. The summed E-state index contributed by atoms with van der Waals surface area (Å²) in [4.78, 5) is 25.7. The molecule has 152 valence electrons.